The Balaban J connectivity index is 2.17. The number of nitrogens with zero attached hydrogens (tertiary/aromatic N) is 4. The molecule has 118 valence electrons. The fourth-order valence-corrected chi connectivity index (χ4v) is 3.08. The standard InChI is InChI=1S/C15H26N4O2/c1-3-12(2)10-13-16-17-18-19(13)11-15(14(20)21)8-6-4-5-7-9-15/h12H,3-11H2,1-2H3,(H,20,21). The van der Waals surface area contributed by atoms with Crippen LogP contribution in [0.1, 0.15) is 64.6 Å². The maximum atomic E-state index is 11.9. The summed E-state index contributed by atoms with van der Waals surface area (Å²) in [6.45, 7) is 4.71. The van der Waals surface area contributed by atoms with Crippen molar-refractivity contribution in [2.45, 2.75) is 71.8 Å². The van der Waals surface area contributed by atoms with Gasteiger partial charge in [-0.15, -0.1) is 5.10 Å². The molecule has 1 saturated carbocycles. The van der Waals surface area contributed by atoms with Gasteiger partial charge < -0.3 is 5.11 Å². The van der Waals surface area contributed by atoms with Crippen molar-refractivity contribution in [2.75, 3.05) is 0 Å². The molecule has 1 aromatic rings. The molecule has 0 spiro atoms. The van der Waals surface area contributed by atoms with Crippen molar-refractivity contribution >= 4 is 5.97 Å². The van der Waals surface area contributed by atoms with E-state index in [9.17, 15) is 9.90 Å². The first-order chi connectivity index (χ1) is 10.1. The van der Waals surface area contributed by atoms with E-state index in [-0.39, 0.29) is 0 Å². The van der Waals surface area contributed by atoms with Crippen molar-refractivity contribution in [1.82, 2.24) is 20.2 Å². The van der Waals surface area contributed by atoms with Gasteiger partial charge in [0.15, 0.2) is 5.82 Å². The van der Waals surface area contributed by atoms with E-state index in [1.54, 1.807) is 4.68 Å². The van der Waals surface area contributed by atoms with Crippen LogP contribution in [-0.2, 0) is 17.8 Å². The van der Waals surface area contributed by atoms with E-state index >= 15 is 0 Å². The lowest BCUT2D eigenvalue weighted by Crippen LogP contribution is -2.36. The maximum Gasteiger partial charge on any atom is 0.311 e. The molecule has 2 rings (SSSR count). The zero-order chi connectivity index (χ0) is 15.3. The van der Waals surface area contributed by atoms with Gasteiger partial charge >= 0.3 is 5.97 Å². The number of carboxylic acids is 1. The van der Waals surface area contributed by atoms with Crippen molar-refractivity contribution in [3.63, 3.8) is 0 Å². The number of carbonyl (C=O) groups is 1. The monoisotopic (exact) mass is 294 g/mol. The van der Waals surface area contributed by atoms with Crippen molar-refractivity contribution in [3.8, 4) is 0 Å². The first-order valence-electron chi connectivity index (χ1n) is 8.06. The molecule has 1 fully saturated rings. The molecule has 0 aromatic carbocycles. The highest BCUT2D eigenvalue weighted by Crippen LogP contribution is 2.37. The molecule has 1 aliphatic carbocycles. The Bertz CT molecular complexity index is 464. The quantitative estimate of drug-likeness (QED) is 0.816. The Hall–Kier alpha value is -1.46. The van der Waals surface area contributed by atoms with E-state index in [0.29, 0.717) is 12.5 Å². The molecule has 6 heteroatoms. The highest BCUT2D eigenvalue weighted by atomic mass is 16.4. The van der Waals surface area contributed by atoms with Crippen LogP contribution in [0.25, 0.3) is 0 Å². The van der Waals surface area contributed by atoms with Gasteiger partial charge in [-0.2, -0.15) is 0 Å². The summed E-state index contributed by atoms with van der Waals surface area (Å²) >= 11 is 0. The lowest BCUT2D eigenvalue weighted by Gasteiger charge is -2.28. The minimum absolute atomic E-state index is 0.404. The fraction of sp³-hybridized carbons (Fsp3) is 0.867. The Morgan fingerprint density at radius 3 is 2.57 bits per heavy atom. The summed E-state index contributed by atoms with van der Waals surface area (Å²) in [5.74, 6) is 0.619. The molecule has 1 aromatic heterocycles. The summed E-state index contributed by atoms with van der Waals surface area (Å²) in [5.41, 5.74) is -0.698. The van der Waals surface area contributed by atoms with E-state index < -0.39 is 11.4 Å². The first kappa shape index (κ1) is 15.9. The van der Waals surface area contributed by atoms with E-state index in [1.165, 1.54) is 0 Å². The molecule has 1 N–H and O–H groups in total. The maximum absolute atomic E-state index is 11.9. The Labute approximate surface area is 125 Å². The summed E-state index contributed by atoms with van der Waals surface area (Å²) in [6.07, 6.45) is 7.55. The van der Waals surface area contributed by atoms with Gasteiger partial charge in [-0.3, -0.25) is 4.79 Å². The van der Waals surface area contributed by atoms with Crippen LogP contribution in [0.4, 0.5) is 0 Å². The van der Waals surface area contributed by atoms with Crippen molar-refractivity contribution in [3.05, 3.63) is 5.82 Å². The predicted molar refractivity (Wildman–Crippen MR) is 78.7 cm³/mol. The molecule has 6 nitrogen and oxygen atoms in total. The summed E-state index contributed by atoms with van der Waals surface area (Å²) < 4.78 is 1.73. The van der Waals surface area contributed by atoms with Gasteiger partial charge in [0.2, 0.25) is 0 Å². The van der Waals surface area contributed by atoms with Gasteiger partial charge in [0.1, 0.15) is 0 Å². The molecule has 1 heterocycles. The average Bonchev–Trinajstić information content (AvgIpc) is 2.74. The highest BCUT2D eigenvalue weighted by Gasteiger charge is 2.40. The molecule has 1 atom stereocenters. The number of rotatable bonds is 6. The first-order valence-corrected chi connectivity index (χ1v) is 8.06. The second kappa shape index (κ2) is 7.00. The number of aromatic nitrogens is 4. The summed E-state index contributed by atoms with van der Waals surface area (Å²) in [6, 6.07) is 0. The Morgan fingerprint density at radius 1 is 1.33 bits per heavy atom. The number of carboxylic acid groups (broad SMARTS) is 1. The molecule has 1 aliphatic rings. The third kappa shape index (κ3) is 3.80. The third-order valence-corrected chi connectivity index (χ3v) is 4.80. The second-order valence-corrected chi connectivity index (χ2v) is 6.47. The molecule has 0 radical (unpaired) electrons. The minimum atomic E-state index is -0.700. The van der Waals surface area contributed by atoms with E-state index in [4.69, 9.17) is 0 Å². The molecule has 0 amide bonds. The lowest BCUT2D eigenvalue weighted by atomic mass is 9.80. The number of aliphatic carboxylic acids is 1. The number of hydrogen-bond acceptors (Lipinski definition) is 4. The van der Waals surface area contributed by atoms with E-state index in [0.717, 1.165) is 57.2 Å². The SMILES string of the molecule is CCC(C)Cc1nnnn1CC1(C(=O)O)CCCCCC1. The van der Waals surface area contributed by atoms with Crippen LogP contribution in [0, 0.1) is 11.3 Å². The van der Waals surface area contributed by atoms with Gasteiger partial charge in [0.25, 0.3) is 0 Å². The Kier molecular flexibility index (Phi) is 5.31. The molecule has 21 heavy (non-hydrogen) atoms. The summed E-state index contributed by atoms with van der Waals surface area (Å²) in [4.78, 5) is 11.9. The molecule has 1 unspecified atom stereocenters. The summed E-state index contributed by atoms with van der Waals surface area (Å²) in [5, 5.41) is 21.6. The largest absolute Gasteiger partial charge is 0.481 e. The van der Waals surface area contributed by atoms with Crippen LogP contribution >= 0.6 is 0 Å². The molecular formula is C15H26N4O2. The van der Waals surface area contributed by atoms with Crippen molar-refractivity contribution in [2.24, 2.45) is 11.3 Å². The average molecular weight is 294 g/mol. The lowest BCUT2D eigenvalue weighted by molar-refractivity contribution is -0.151. The molecular weight excluding hydrogens is 268 g/mol. The topological polar surface area (TPSA) is 80.9 Å². The van der Waals surface area contributed by atoms with Crippen LogP contribution in [-0.4, -0.2) is 31.3 Å². The van der Waals surface area contributed by atoms with Gasteiger partial charge in [-0.1, -0.05) is 46.0 Å². The van der Waals surface area contributed by atoms with Crippen LogP contribution in [0.2, 0.25) is 0 Å². The zero-order valence-corrected chi connectivity index (χ0v) is 13.1. The highest BCUT2D eigenvalue weighted by molar-refractivity contribution is 5.74. The molecule has 0 aliphatic heterocycles. The summed E-state index contributed by atoms with van der Waals surface area (Å²) in [7, 11) is 0. The minimum Gasteiger partial charge on any atom is -0.481 e. The molecule has 0 bridgehead atoms. The van der Waals surface area contributed by atoms with Crippen molar-refractivity contribution in [1.29, 1.82) is 0 Å². The van der Waals surface area contributed by atoms with Gasteiger partial charge in [0, 0.05) is 6.42 Å². The van der Waals surface area contributed by atoms with Crippen LogP contribution < -0.4 is 0 Å². The van der Waals surface area contributed by atoms with Gasteiger partial charge in [-0.05, 0) is 29.2 Å². The van der Waals surface area contributed by atoms with Gasteiger partial charge in [-0.25, -0.2) is 4.68 Å². The van der Waals surface area contributed by atoms with Crippen LogP contribution in [0.3, 0.4) is 0 Å². The van der Waals surface area contributed by atoms with Gasteiger partial charge in [0.05, 0.1) is 12.0 Å². The van der Waals surface area contributed by atoms with Crippen molar-refractivity contribution < 1.29 is 9.90 Å². The van der Waals surface area contributed by atoms with E-state index in [1.807, 2.05) is 0 Å². The zero-order valence-electron chi connectivity index (χ0n) is 13.1. The van der Waals surface area contributed by atoms with Crippen LogP contribution in [0.15, 0.2) is 0 Å². The number of tetrazole rings is 1. The second-order valence-electron chi connectivity index (χ2n) is 6.47. The predicted octanol–water partition coefficient (Wildman–Crippen LogP) is 2.69. The number of hydrogen-bond donors (Lipinski definition) is 1. The Morgan fingerprint density at radius 2 is 2.00 bits per heavy atom. The normalized spacial score (nSPS) is 19.9. The van der Waals surface area contributed by atoms with E-state index in [2.05, 4.69) is 29.4 Å². The van der Waals surface area contributed by atoms with Crippen LogP contribution in [0.5, 0.6) is 0 Å². The smallest absolute Gasteiger partial charge is 0.311 e. The fourth-order valence-electron chi connectivity index (χ4n) is 3.08. The third-order valence-electron chi connectivity index (χ3n) is 4.80. The molecule has 0 saturated heterocycles.